The Balaban J connectivity index is 1.14. The number of rotatable bonds is 8. The van der Waals surface area contributed by atoms with Gasteiger partial charge in [0, 0.05) is 37.2 Å². The lowest BCUT2D eigenvalue weighted by molar-refractivity contribution is 0.0952. The van der Waals surface area contributed by atoms with Gasteiger partial charge in [-0.2, -0.15) is 0 Å². The molecule has 4 heterocycles. The average Bonchev–Trinajstić information content (AvgIpc) is 3.40. The van der Waals surface area contributed by atoms with E-state index in [4.69, 9.17) is 4.74 Å². The van der Waals surface area contributed by atoms with E-state index >= 15 is 0 Å². The predicted molar refractivity (Wildman–Crippen MR) is 127 cm³/mol. The molecule has 0 aliphatic heterocycles. The number of aryl methyl sites for hydroxylation is 2. The van der Waals surface area contributed by atoms with Crippen LogP contribution in [0.1, 0.15) is 28.0 Å². The zero-order valence-corrected chi connectivity index (χ0v) is 18.7. The van der Waals surface area contributed by atoms with Gasteiger partial charge in [0.1, 0.15) is 18.0 Å². The van der Waals surface area contributed by atoms with E-state index in [0.717, 1.165) is 16.9 Å². The van der Waals surface area contributed by atoms with E-state index in [0.29, 0.717) is 43.1 Å². The van der Waals surface area contributed by atoms with E-state index in [1.165, 1.54) is 9.08 Å². The number of aromatic nitrogens is 5. The number of carbonyl (C=O) groups excluding carboxylic acids is 1. The molecule has 5 aromatic rings. The fourth-order valence-electron chi connectivity index (χ4n) is 3.76. The summed E-state index contributed by atoms with van der Waals surface area (Å²) in [7, 11) is 0. The van der Waals surface area contributed by atoms with Crippen LogP contribution in [0.3, 0.4) is 0 Å². The number of benzene rings is 1. The molecule has 0 saturated carbocycles. The van der Waals surface area contributed by atoms with Gasteiger partial charge in [-0.15, -0.1) is 5.10 Å². The Morgan fingerprint density at radius 2 is 1.97 bits per heavy atom. The number of hydrogen-bond acceptors (Lipinski definition) is 5. The first-order valence-corrected chi connectivity index (χ1v) is 11.1. The Kier molecular flexibility index (Phi) is 5.82. The molecule has 172 valence electrons. The number of amides is 1. The molecule has 0 aliphatic carbocycles. The Labute approximate surface area is 195 Å². The number of carbonyl (C=O) groups is 1. The Bertz CT molecular complexity index is 1530. The highest BCUT2D eigenvalue weighted by molar-refractivity contribution is 5.94. The van der Waals surface area contributed by atoms with Gasteiger partial charge in [-0.05, 0) is 55.3 Å². The zero-order valence-electron chi connectivity index (χ0n) is 18.7. The smallest absolute Gasteiger partial charge is 0.350 e. The average molecular weight is 457 g/mol. The summed E-state index contributed by atoms with van der Waals surface area (Å²) < 4.78 is 10.7. The van der Waals surface area contributed by atoms with Crippen LogP contribution in [0, 0.1) is 6.92 Å². The third kappa shape index (κ3) is 4.54. The van der Waals surface area contributed by atoms with Crippen molar-refractivity contribution < 1.29 is 9.53 Å². The fourth-order valence-corrected chi connectivity index (χ4v) is 3.76. The van der Waals surface area contributed by atoms with Crippen molar-refractivity contribution in [2.75, 3.05) is 6.54 Å². The van der Waals surface area contributed by atoms with E-state index in [9.17, 15) is 9.59 Å². The van der Waals surface area contributed by atoms with Gasteiger partial charge in [-0.3, -0.25) is 9.20 Å². The molecule has 0 fully saturated rings. The summed E-state index contributed by atoms with van der Waals surface area (Å²) in [5, 5.41) is 7.18. The van der Waals surface area contributed by atoms with Crippen molar-refractivity contribution in [1.29, 1.82) is 0 Å². The molecule has 1 N–H and O–H groups in total. The van der Waals surface area contributed by atoms with Gasteiger partial charge < -0.3 is 14.5 Å². The van der Waals surface area contributed by atoms with Crippen molar-refractivity contribution in [3.05, 3.63) is 100 Å². The highest BCUT2D eigenvalue weighted by Gasteiger charge is 2.09. The molecule has 0 saturated heterocycles. The first-order valence-electron chi connectivity index (χ1n) is 11.1. The summed E-state index contributed by atoms with van der Waals surface area (Å²) >= 11 is 0. The Morgan fingerprint density at radius 1 is 1.06 bits per heavy atom. The normalized spacial score (nSPS) is 11.2. The summed E-state index contributed by atoms with van der Waals surface area (Å²) in [4.78, 5) is 29.4. The summed E-state index contributed by atoms with van der Waals surface area (Å²) in [5.74, 6) is 0.396. The molecule has 1 amide bonds. The van der Waals surface area contributed by atoms with Crippen LogP contribution in [-0.4, -0.2) is 36.0 Å². The molecule has 9 nitrogen and oxygen atoms in total. The van der Waals surface area contributed by atoms with Crippen molar-refractivity contribution in [2.24, 2.45) is 0 Å². The molecule has 5 rings (SSSR count). The van der Waals surface area contributed by atoms with Gasteiger partial charge >= 0.3 is 5.69 Å². The van der Waals surface area contributed by atoms with Crippen molar-refractivity contribution >= 4 is 17.2 Å². The quantitative estimate of drug-likeness (QED) is 0.362. The number of pyridine rings is 2. The summed E-state index contributed by atoms with van der Waals surface area (Å²) in [6.45, 7) is 3.18. The van der Waals surface area contributed by atoms with Crippen molar-refractivity contribution in [3.8, 4) is 5.75 Å². The van der Waals surface area contributed by atoms with Crippen LogP contribution in [-0.2, 0) is 13.2 Å². The van der Waals surface area contributed by atoms with Crippen LogP contribution in [0.15, 0.2) is 78.0 Å². The number of nitrogens with one attached hydrogen (secondary N) is 1. The second kappa shape index (κ2) is 9.22. The molecule has 0 bridgehead atoms. The number of fused-ring (bicyclic) bond motifs is 2. The van der Waals surface area contributed by atoms with Crippen molar-refractivity contribution in [2.45, 2.75) is 26.5 Å². The van der Waals surface area contributed by atoms with E-state index in [1.54, 1.807) is 36.5 Å². The second-order valence-electron chi connectivity index (χ2n) is 8.06. The minimum atomic E-state index is -0.198. The minimum absolute atomic E-state index is 0.187. The molecule has 0 spiro atoms. The first kappa shape index (κ1) is 21.4. The summed E-state index contributed by atoms with van der Waals surface area (Å²) in [6, 6.07) is 16.4. The SMILES string of the molecule is Cc1ccc2nc(COc3cccc(C(=O)NCCCn4nc5ccccn5c4=O)c3)cn2c1. The Morgan fingerprint density at radius 3 is 2.85 bits per heavy atom. The predicted octanol–water partition coefficient (Wildman–Crippen LogP) is 2.85. The van der Waals surface area contributed by atoms with E-state index in [2.05, 4.69) is 15.4 Å². The number of nitrogens with zero attached hydrogens (tertiary/aromatic N) is 5. The maximum Gasteiger partial charge on any atom is 0.350 e. The van der Waals surface area contributed by atoms with Crippen LogP contribution in [0.25, 0.3) is 11.3 Å². The molecule has 1 aromatic carbocycles. The zero-order chi connectivity index (χ0) is 23.5. The van der Waals surface area contributed by atoms with Gasteiger partial charge in [0.25, 0.3) is 5.91 Å². The summed E-state index contributed by atoms with van der Waals surface area (Å²) in [6.07, 6.45) is 6.22. The highest BCUT2D eigenvalue weighted by Crippen LogP contribution is 2.16. The maximum atomic E-state index is 12.6. The van der Waals surface area contributed by atoms with Crippen molar-refractivity contribution in [1.82, 2.24) is 28.9 Å². The molecule has 0 aliphatic rings. The van der Waals surface area contributed by atoms with Crippen LogP contribution >= 0.6 is 0 Å². The van der Waals surface area contributed by atoms with Gasteiger partial charge in [0.15, 0.2) is 5.65 Å². The molecular weight excluding hydrogens is 432 g/mol. The summed E-state index contributed by atoms with van der Waals surface area (Å²) in [5.41, 5.74) is 3.75. The minimum Gasteiger partial charge on any atom is -0.487 e. The standard InChI is InChI=1S/C25H24N6O3/c1-18-9-10-22-27-20(16-29(22)15-18)17-34-21-7-4-6-19(14-21)24(32)26-11-5-13-31-25(33)30-12-3-2-8-23(30)28-31/h2-4,6-10,12,14-16H,5,11,13,17H2,1H3,(H,26,32). The molecular formula is C25H24N6O3. The van der Waals surface area contributed by atoms with Gasteiger partial charge in [-0.1, -0.05) is 18.2 Å². The topological polar surface area (TPSA) is 94.9 Å². The lowest BCUT2D eigenvalue weighted by Crippen LogP contribution is -2.27. The van der Waals surface area contributed by atoms with Gasteiger partial charge in [0.05, 0.1) is 5.69 Å². The van der Waals surface area contributed by atoms with Crippen LogP contribution in [0.4, 0.5) is 0 Å². The number of hydrogen-bond donors (Lipinski definition) is 1. The molecule has 34 heavy (non-hydrogen) atoms. The van der Waals surface area contributed by atoms with Crippen LogP contribution in [0.2, 0.25) is 0 Å². The third-order valence-corrected chi connectivity index (χ3v) is 5.45. The third-order valence-electron chi connectivity index (χ3n) is 5.45. The first-order chi connectivity index (χ1) is 16.6. The van der Waals surface area contributed by atoms with E-state index in [1.807, 2.05) is 48.0 Å². The van der Waals surface area contributed by atoms with Crippen molar-refractivity contribution in [3.63, 3.8) is 0 Å². The van der Waals surface area contributed by atoms with E-state index in [-0.39, 0.29) is 11.6 Å². The lowest BCUT2D eigenvalue weighted by Gasteiger charge is -2.08. The Hall–Kier alpha value is -4.40. The second-order valence-corrected chi connectivity index (χ2v) is 8.06. The largest absolute Gasteiger partial charge is 0.487 e. The van der Waals surface area contributed by atoms with Crippen LogP contribution < -0.4 is 15.7 Å². The van der Waals surface area contributed by atoms with E-state index < -0.39 is 0 Å². The lowest BCUT2D eigenvalue weighted by atomic mass is 10.2. The number of imidazole rings is 1. The fraction of sp³-hybridized carbons (Fsp3) is 0.200. The molecule has 0 unspecified atom stereocenters. The molecule has 0 atom stereocenters. The van der Waals surface area contributed by atoms with Gasteiger partial charge in [0.2, 0.25) is 0 Å². The number of ether oxygens (including phenoxy) is 1. The molecule has 9 heteroatoms. The van der Waals surface area contributed by atoms with Crippen LogP contribution in [0.5, 0.6) is 5.75 Å². The van der Waals surface area contributed by atoms with Gasteiger partial charge in [-0.25, -0.2) is 14.5 Å². The highest BCUT2D eigenvalue weighted by atomic mass is 16.5. The molecule has 4 aromatic heterocycles. The monoisotopic (exact) mass is 456 g/mol. The molecule has 0 radical (unpaired) electrons. The maximum absolute atomic E-state index is 12.6.